The van der Waals surface area contributed by atoms with Gasteiger partial charge >= 0.3 is 0 Å². The van der Waals surface area contributed by atoms with Crippen LogP contribution >= 0.6 is 11.8 Å². The number of benzene rings is 1. The summed E-state index contributed by atoms with van der Waals surface area (Å²) in [6.45, 7) is 5.16. The first kappa shape index (κ1) is 20.8. The van der Waals surface area contributed by atoms with Crippen LogP contribution in [-0.2, 0) is 4.79 Å². The van der Waals surface area contributed by atoms with Gasteiger partial charge in [0.25, 0.3) is 0 Å². The van der Waals surface area contributed by atoms with Crippen molar-refractivity contribution in [3.63, 3.8) is 0 Å². The number of aromatic nitrogens is 5. The Hall–Kier alpha value is -3.07. The Morgan fingerprint density at radius 3 is 2.62 bits per heavy atom. The van der Waals surface area contributed by atoms with E-state index in [1.54, 1.807) is 11.1 Å². The largest absolute Gasteiger partial charge is 0.345 e. The molecule has 1 aliphatic heterocycles. The van der Waals surface area contributed by atoms with Gasteiger partial charge in [0, 0.05) is 41.5 Å². The Labute approximate surface area is 189 Å². The molecular weight excluding hydrogens is 427 g/mol. The van der Waals surface area contributed by atoms with Gasteiger partial charge in [-0.2, -0.15) is 0 Å². The third-order valence-corrected chi connectivity index (χ3v) is 6.86. The second-order valence-corrected chi connectivity index (χ2v) is 8.99. The van der Waals surface area contributed by atoms with Crippen LogP contribution in [0.3, 0.4) is 0 Å². The van der Waals surface area contributed by atoms with E-state index < -0.39 is 0 Å². The highest BCUT2D eigenvalue weighted by Gasteiger charge is 2.26. The van der Waals surface area contributed by atoms with E-state index in [9.17, 15) is 4.79 Å². The number of pyridine rings is 2. The van der Waals surface area contributed by atoms with Gasteiger partial charge in [-0.25, -0.2) is 14.1 Å². The molecule has 1 aromatic carbocycles. The number of piperidine rings is 1. The molecule has 1 aliphatic rings. The van der Waals surface area contributed by atoms with E-state index in [0.717, 1.165) is 41.6 Å². The van der Waals surface area contributed by atoms with Crippen molar-refractivity contribution in [2.75, 3.05) is 19.3 Å². The van der Waals surface area contributed by atoms with Crippen molar-refractivity contribution >= 4 is 40.1 Å². The number of hydrogen-bond acceptors (Lipinski definition) is 6. The predicted octanol–water partition coefficient (Wildman–Crippen LogP) is 4.31. The van der Waals surface area contributed by atoms with Crippen LogP contribution in [0.1, 0.15) is 30.1 Å². The lowest BCUT2D eigenvalue weighted by atomic mass is 9.97. The van der Waals surface area contributed by atoms with Crippen LogP contribution < -0.4 is 0 Å². The normalized spacial score (nSPS) is 15.1. The molecule has 9 heteroatoms. The topological polar surface area (TPSA) is 76.8 Å². The number of rotatable bonds is 4. The van der Waals surface area contributed by atoms with Crippen LogP contribution in [0.2, 0.25) is 0 Å². The molecule has 0 aliphatic carbocycles. The van der Waals surface area contributed by atoms with Crippen LogP contribution in [0, 0.1) is 19.7 Å². The van der Waals surface area contributed by atoms with Gasteiger partial charge in [-0.3, -0.25) is 9.78 Å². The molecule has 0 spiro atoms. The number of carbonyl (C=O) groups is 1. The Bertz CT molecular complexity index is 1330. The highest BCUT2D eigenvalue weighted by atomic mass is 32.2. The summed E-state index contributed by atoms with van der Waals surface area (Å²) in [5.41, 5.74) is 4.75. The fourth-order valence-corrected chi connectivity index (χ4v) is 5.02. The van der Waals surface area contributed by atoms with Gasteiger partial charge in [-0.1, -0.05) is 11.3 Å². The minimum atomic E-state index is -0.355. The van der Waals surface area contributed by atoms with Crippen molar-refractivity contribution in [2.24, 2.45) is 0 Å². The molecule has 3 aromatic heterocycles. The number of halogens is 1. The van der Waals surface area contributed by atoms with E-state index >= 15 is 4.39 Å². The van der Waals surface area contributed by atoms with Crippen molar-refractivity contribution in [1.29, 1.82) is 0 Å². The lowest BCUT2D eigenvalue weighted by Gasteiger charge is -2.29. The number of aryl methyl sites for hydroxylation is 2. The third-order valence-electron chi connectivity index (χ3n) is 6.19. The smallest absolute Gasteiger partial charge is 0.209 e. The monoisotopic (exact) mass is 450 g/mol. The molecule has 1 amide bonds. The number of nitrogens with zero attached hydrogens (tertiary/aromatic N) is 6. The van der Waals surface area contributed by atoms with Gasteiger partial charge in [0.1, 0.15) is 21.6 Å². The van der Waals surface area contributed by atoms with E-state index in [2.05, 4.69) is 20.3 Å². The van der Waals surface area contributed by atoms with E-state index in [1.807, 2.05) is 43.0 Å². The number of fused-ring (bicyclic) bond motifs is 3. The summed E-state index contributed by atoms with van der Waals surface area (Å²) in [6, 6.07) is 5.85. The zero-order chi connectivity index (χ0) is 22.4. The van der Waals surface area contributed by atoms with Gasteiger partial charge in [0.2, 0.25) is 6.41 Å². The van der Waals surface area contributed by atoms with Crippen molar-refractivity contribution in [1.82, 2.24) is 29.9 Å². The average molecular weight is 451 g/mol. The molecule has 32 heavy (non-hydrogen) atoms. The maximum Gasteiger partial charge on any atom is 0.209 e. The van der Waals surface area contributed by atoms with Crippen LogP contribution in [0.4, 0.5) is 4.39 Å². The highest BCUT2D eigenvalue weighted by molar-refractivity contribution is 7.98. The van der Waals surface area contributed by atoms with E-state index in [4.69, 9.17) is 0 Å². The van der Waals surface area contributed by atoms with Crippen LogP contribution in [0.25, 0.3) is 33.1 Å². The zero-order valence-electron chi connectivity index (χ0n) is 18.2. The van der Waals surface area contributed by atoms with Crippen molar-refractivity contribution in [3.8, 4) is 11.1 Å². The predicted molar refractivity (Wildman–Crippen MR) is 123 cm³/mol. The van der Waals surface area contributed by atoms with E-state index in [1.165, 1.54) is 11.8 Å². The van der Waals surface area contributed by atoms with Crippen LogP contribution in [0.5, 0.6) is 0 Å². The fraction of sp³-hybridized carbons (Fsp3) is 0.348. The van der Waals surface area contributed by atoms with Crippen LogP contribution in [-0.4, -0.2) is 55.6 Å². The maximum atomic E-state index is 15.9. The van der Waals surface area contributed by atoms with E-state index in [0.29, 0.717) is 40.1 Å². The number of hydrogen-bond donors (Lipinski definition) is 0. The number of likely N-dealkylation sites (tertiary alicyclic amines) is 1. The second kappa shape index (κ2) is 8.12. The fourth-order valence-electron chi connectivity index (χ4n) is 4.50. The maximum absolute atomic E-state index is 15.9. The number of carbonyl (C=O) groups excluding carboxylic acids is 1. The number of amides is 1. The highest BCUT2D eigenvalue weighted by Crippen LogP contribution is 2.38. The van der Waals surface area contributed by atoms with Gasteiger partial charge in [-0.05, 0) is 50.6 Å². The zero-order valence-corrected chi connectivity index (χ0v) is 19.0. The quantitative estimate of drug-likeness (QED) is 0.341. The molecule has 7 nitrogen and oxygen atoms in total. The number of thioether (sulfide) groups is 1. The molecule has 0 atom stereocenters. The minimum Gasteiger partial charge on any atom is -0.345 e. The minimum absolute atomic E-state index is 0.0980. The summed E-state index contributed by atoms with van der Waals surface area (Å²) in [4.78, 5) is 21.9. The first-order chi connectivity index (χ1) is 15.5. The summed E-state index contributed by atoms with van der Waals surface area (Å²) in [5.74, 6) is -0.355. The molecule has 0 N–H and O–H groups in total. The molecular formula is C23H23FN6OS. The molecule has 164 valence electrons. The van der Waals surface area contributed by atoms with Gasteiger partial charge in [0.15, 0.2) is 5.82 Å². The summed E-state index contributed by atoms with van der Waals surface area (Å²) >= 11 is 1.43. The SMILES string of the molecule is CSc1nc2c(F)c(-c3ccc(C)nc3)c(C)cc2c2c1nnn2C1CCN(C=O)CC1. The van der Waals surface area contributed by atoms with Crippen molar-refractivity contribution in [3.05, 3.63) is 41.5 Å². The summed E-state index contributed by atoms with van der Waals surface area (Å²) in [5, 5.41) is 10.2. The summed E-state index contributed by atoms with van der Waals surface area (Å²) in [6.07, 6.45) is 6.06. The molecule has 4 aromatic rings. The Kier molecular flexibility index (Phi) is 5.28. The lowest BCUT2D eigenvalue weighted by molar-refractivity contribution is -0.119. The van der Waals surface area contributed by atoms with Crippen molar-refractivity contribution in [2.45, 2.75) is 37.8 Å². The molecule has 0 radical (unpaired) electrons. The van der Waals surface area contributed by atoms with Gasteiger partial charge < -0.3 is 4.90 Å². The van der Waals surface area contributed by atoms with E-state index in [-0.39, 0.29) is 11.9 Å². The van der Waals surface area contributed by atoms with Gasteiger partial charge in [-0.15, -0.1) is 16.9 Å². The average Bonchev–Trinajstić information content (AvgIpc) is 3.26. The first-order valence-electron chi connectivity index (χ1n) is 10.6. The molecule has 1 saturated heterocycles. The molecule has 0 saturated carbocycles. The lowest BCUT2D eigenvalue weighted by Crippen LogP contribution is -2.33. The summed E-state index contributed by atoms with van der Waals surface area (Å²) in [7, 11) is 0. The van der Waals surface area contributed by atoms with Crippen molar-refractivity contribution < 1.29 is 9.18 Å². The molecule has 4 heterocycles. The second-order valence-electron chi connectivity index (χ2n) is 8.19. The Morgan fingerprint density at radius 2 is 1.97 bits per heavy atom. The van der Waals surface area contributed by atoms with Crippen LogP contribution in [0.15, 0.2) is 29.4 Å². The molecule has 1 fully saturated rings. The van der Waals surface area contributed by atoms with Gasteiger partial charge in [0.05, 0.1) is 6.04 Å². The standard InChI is InChI=1S/C23H23FN6OS/c1-13-10-17-20(19(24)18(13)15-5-4-14(2)25-11-15)26-23(32-3)21-22(17)30(28-27-21)16-6-8-29(12-31)9-7-16/h4-5,10-12,16H,6-9H2,1-3H3. The Balaban J connectivity index is 1.74. The third kappa shape index (κ3) is 3.31. The first-order valence-corrected chi connectivity index (χ1v) is 11.8. The molecule has 0 bridgehead atoms. The molecule has 0 unspecified atom stereocenters. The Morgan fingerprint density at radius 1 is 1.19 bits per heavy atom. The molecule has 5 rings (SSSR count). The summed E-state index contributed by atoms with van der Waals surface area (Å²) < 4.78 is 17.9.